The van der Waals surface area contributed by atoms with E-state index in [-0.39, 0.29) is 11.7 Å². The third-order valence-corrected chi connectivity index (χ3v) is 2.40. The second-order valence-corrected chi connectivity index (χ2v) is 3.22. The fourth-order valence-corrected chi connectivity index (χ4v) is 1.65. The summed E-state index contributed by atoms with van der Waals surface area (Å²) in [5.41, 5.74) is 0.667. The molecular formula is C10H10F2O. The van der Waals surface area contributed by atoms with Gasteiger partial charge in [0.05, 0.1) is 6.61 Å². The third-order valence-electron chi connectivity index (χ3n) is 2.40. The molecule has 0 saturated heterocycles. The van der Waals surface area contributed by atoms with Gasteiger partial charge in [0.25, 0.3) is 0 Å². The Labute approximate surface area is 75.3 Å². The minimum Gasteiger partial charge on any atom is -0.490 e. The Kier molecular flexibility index (Phi) is 1.94. The highest BCUT2D eigenvalue weighted by atomic mass is 19.1. The van der Waals surface area contributed by atoms with E-state index < -0.39 is 11.6 Å². The minimum absolute atomic E-state index is 0.139. The van der Waals surface area contributed by atoms with Crippen molar-refractivity contribution in [3.63, 3.8) is 0 Å². The van der Waals surface area contributed by atoms with E-state index in [0.29, 0.717) is 12.2 Å². The van der Waals surface area contributed by atoms with Crippen LogP contribution < -0.4 is 4.74 Å². The molecule has 1 atom stereocenters. The van der Waals surface area contributed by atoms with Gasteiger partial charge in [0, 0.05) is 17.5 Å². The van der Waals surface area contributed by atoms with Crippen molar-refractivity contribution in [3.8, 4) is 5.75 Å². The van der Waals surface area contributed by atoms with Crippen LogP contribution in [0.25, 0.3) is 0 Å². The summed E-state index contributed by atoms with van der Waals surface area (Å²) >= 11 is 0. The van der Waals surface area contributed by atoms with Crippen LogP contribution in [-0.2, 0) is 0 Å². The fourth-order valence-electron chi connectivity index (χ4n) is 1.65. The van der Waals surface area contributed by atoms with Gasteiger partial charge in [0.1, 0.15) is 5.82 Å². The zero-order valence-corrected chi connectivity index (χ0v) is 7.31. The van der Waals surface area contributed by atoms with Crippen molar-refractivity contribution >= 4 is 0 Å². The molecule has 0 saturated carbocycles. The quantitative estimate of drug-likeness (QED) is 0.652. The largest absolute Gasteiger partial charge is 0.490 e. The molecular weight excluding hydrogens is 174 g/mol. The van der Waals surface area contributed by atoms with Crippen LogP contribution in [-0.4, -0.2) is 6.61 Å². The van der Waals surface area contributed by atoms with Crippen LogP contribution in [0.15, 0.2) is 12.1 Å². The van der Waals surface area contributed by atoms with Gasteiger partial charge in [-0.05, 0) is 12.5 Å². The first kappa shape index (κ1) is 8.48. The van der Waals surface area contributed by atoms with Gasteiger partial charge in [-0.15, -0.1) is 0 Å². The second kappa shape index (κ2) is 2.98. The van der Waals surface area contributed by atoms with Gasteiger partial charge < -0.3 is 4.74 Å². The molecule has 0 fully saturated rings. The van der Waals surface area contributed by atoms with Crippen molar-refractivity contribution in [1.82, 2.24) is 0 Å². The molecule has 1 aromatic rings. The lowest BCUT2D eigenvalue weighted by Gasteiger charge is -2.03. The van der Waals surface area contributed by atoms with Crippen LogP contribution >= 0.6 is 0 Å². The van der Waals surface area contributed by atoms with E-state index in [1.54, 1.807) is 0 Å². The number of benzene rings is 1. The molecule has 3 heteroatoms. The second-order valence-electron chi connectivity index (χ2n) is 3.22. The zero-order valence-electron chi connectivity index (χ0n) is 7.31. The Balaban J connectivity index is 2.51. The van der Waals surface area contributed by atoms with E-state index in [0.717, 1.165) is 12.5 Å². The Morgan fingerprint density at radius 1 is 1.46 bits per heavy atom. The molecule has 13 heavy (non-hydrogen) atoms. The van der Waals surface area contributed by atoms with Gasteiger partial charge in [-0.3, -0.25) is 0 Å². The maximum absolute atomic E-state index is 13.1. The van der Waals surface area contributed by atoms with Gasteiger partial charge >= 0.3 is 0 Å². The van der Waals surface area contributed by atoms with E-state index in [2.05, 4.69) is 0 Å². The first-order valence-corrected chi connectivity index (χ1v) is 4.34. The van der Waals surface area contributed by atoms with Crippen LogP contribution in [0.5, 0.6) is 5.75 Å². The average Bonchev–Trinajstić information content (AvgIpc) is 2.47. The molecule has 0 bridgehead atoms. The summed E-state index contributed by atoms with van der Waals surface area (Å²) in [5.74, 6) is -0.750. The highest BCUT2D eigenvalue weighted by Gasteiger charge is 2.26. The lowest BCUT2D eigenvalue weighted by molar-refractivity contribution is 0.315. The summed E-state index contributed by atoms with van der Waals surface area (Å²) in [6.07, 6.45) is 0.843. The fraction of sp³-hybridized carbons (Fsp3) is 0.400. The van der Waals surface area contributed by atoms with Crippen LogP contribution in [0, 0.1) is 11.6 Å². The minimum atomic E-state index is -0.592. The van der Waals surface area contributed by atoms with Gasteiger partial charge in [0.15, 0.2) is 11.6 Å². The lowest BCUT2D eigenvalue weighted by atomic mass is 9.99. The summed E-state index contributed by atoms with van der Waals surface area (Å²) in [5, 5.41) is 0. The van der Waals surface area contributed by atoms with Crippen LogP contribution in [0.2, 0.25) is 0 Å². The average molecular weight is 184 g/mol. The molecule has 2 rings (SSSR count). The predicted molar refractivity (Wildman–Crippen MR) is 44.9 cm³/mol. The molecule has 0 N–H and O–H groups in total. The number of fused-ring (bicyclic) bond motifs is 1. The van der Waals surface area contributed by atoms with Crippen molar-refractivity contribution < 1.29 is 13.5 Å². The smallest absolute Gasteiger partial charge is 0.168 e. The molecule has 0 aromatic heterocycles. The molecule has 0 unspecified atom stereocenters. The first-order chi connectivity index (χ1) is 6.22. The molecule has 1 nitrogen and oxygen atoms in total. The molecule has 0 amide bonds. The molecule has 1 aromatic carbocycles. The molecule has 1 aliphatic rings. The third kappa shape index (κ3) is 1.28. The monoisotopic (exact) mass is 184 g/mol. The van der Waals surface area contributed by atoms with Gasteiger partial charge in [-0.2, -0.15) is 0 Å². The van der Waals surface area contributed by atoms with Gasteiger partial charge in [-0.25, -0.2) is 8.78 Å². The van der Waals surface area contributed by atoms with E-state index >= 15 is 0 Å². The van der Waals surface area contributed by atoms with Gasteiger partial charge in [-0.1, -0.05) is 6.92 Å². The van der Waals surface area contributed by atoms with E-state index in [1.807, 2.05) is 6.92 Å². The Morgan fingerprint density at radius 3 is 2.92 bits per heavy atom. The number of rotatable bonds is 1. The number of ether oxygens (including phenoxy) is 1. The normalized spacial score (nSPS) is 19.8. The molecule has 70 valence electrons. The van der Waals surface area contributed by atoms with Crippen molar-refractivity contribution in [1.29, 1.82) is 0 Å². The maximum Gasteiger partial charge on any atom is 0.168 e. The van der Waals surface area contributed by atoms with Crippen LogP contribution in [0.4, 0.5) is 8.78 Å². The molecule has 1 heterocycles. The Hall–Kier alpha value is -1.12. The first-order valence-electron chi connectivity index (χ1n) is 4.34. The molecule has 0 aliphatic carbocycles. The van der Waals surface area contributed by atoms with E-state index in [1.165, 1.54) is 6.07 Å². The van der Waals surface area contributed by atoms with Crippen molar-refractivity contribution in [3.05, 3.63) is 29.3 Å². The summed E-state index contributed by atoms with van der Waals surface area (Å²) in [7, 11) is 0. The molecule has 0 radical (unpaired) electrons. The summed E-state index contributed by atoms with van der Waals surface area (Å²) in [4.78, 5) is 0. The SMILES string of the molecule is CC[C@H]1COc2c(F)cc(F)cc21. The lowest BCUT2D eigenvalue weighted by Crippen LogP contribution is -1.97. The van der Waals surface area contributed by atoms with Crippen molar-refractivity contribution in [2.75, 3.05) is 6.61 Å². The molecule has 0 spiro atoms. The van der Waals surface area contributed by atoms with Gasteiger partial charge in [0.2, 0.25) is 0 Å². The van der Waals surface area contributed by atoms with Crippen molar-refractivity contribution in [2.24, 2.45) is 0 Å². The number of hydrogen-bond acceptors (Lipinski definition) is 1. The number of hydrogen-bond donors (Lipinski definition) is 0. The topological polar surface area (TPSA) is 9.23 Å². The standard InChI is InChI=1S/C10H10F2O/c1-2-6-5-13-10-8(6)3-7(11)4-9(10)12/h3-4,6H,2,5H2,1H3/t6-/m0/s1. The zero-order chi connectivity index (χ0) is 9.42. The maximum atomic E-state index is 13.1. The number of halogens is 2. The summed E-state index contributed by atoms with van der Waals surface area (Å²) < 4.78 is 31.1. The highest BCUT2D eigenvalue weighted by molar-refractivity contribution is 5.41. The summed E-state index contributed by atoms with van der Waals surface area (Å²) in [6, 6.07) is 2.22. The van der Waals surface area contributed by atoms with Crippen LogP contribution in [0.1, 0.15) is 24.8 Å². The van der Waals surface area contributed by atoms with Crippen molar-refractivity contribution in [2.45, 2.75) is 19.3 Å². The Morgan fingerprint density at radius 2 is 2.23 bits per heavy atom. The van der Waals surface area contributed by atoms with Crippen LogP contribution in [0.3, 0.4) is 0 Å². The highest BCUT2D eigenvalue weighted by Crippen LogP contribution is 2.38. The van der Waals surface area contributed by atoms with E-state index in [9.17, 15) is 8.78 Å². The Bertz CT molecular complexity index is 336. The predicted octanol–water partition coefficient (Wildman–Crippen LogP) is 2.85. The molecule has 1 aliphatic heterocycles. The summed E-state index contributed by atoms with van der Waals surface area (Å²) in [6.45, 7) is 2.44. The van der Waals surface area contributed by atoms with E-state index in [4.69, 9.17) is 4.74 Å².